The summed E-state index contributed by atoms with van der Waals surface area (Å²) >= 11 is 0. The van der Waals surface area contributed by atoms with Crippen molar-refractivity contribution < 1.29 is 28.5 Å². The number of hydrogen-bond donors (Lipinski definition) is 1. The van der Waals surface area contributed by atoms with E-state index in [2.05, 4.69) is 25.2 Å². The third-order valence-corrected chi connectivity index (χ3v) is 10.9. The Labute approximate surface area is 229 Å². The van der Waals surface area contributed by atoms with Gasteiger partial charge in [0.05, 0.1) is 65.6 Å². The summed E-state index contributed by atoms with van der Waals surface area (Å²) in [5, 5.41) is 3.22. The van der Waals surface area contributed by atoms with E-state index in [0.717, 1.165) is 36.2 Å². The van der Waals surface area contributed by atoms with Crippen LogP contribution < -0.4 is 5.32 Å². The number of nitrogens with one attached hydrogen (secondary N) is 1. The maximum absolute atomic E-state index is 13.6. The highest BCUT2D eigenvalue weighted by molar-refractivity contribution is 5.95. The molecule has 1 heterocycles. The molecule has 0 aromatic rings. The van der Waals surface area contributed by atoms with Crippen molar-refractivity contribution in [2.45, 2.75) is 77.7 Å². The van der Waals surface area contributed by atoms with Gasteiger partial charge < -0.3 is 29.0 Å². The van der Waals surface area contributed by atoms with Crippen LogP contribution in [-0.4, -0.2) is 78.0 Å². The van der Waals surface area contributed by atoms with Gasteiger partial charge in [-0.1, -0.05) is 32.8 Å². The number of fused-ring (bicyclic) bond motifs is 5. The van der Waals surface area contributed by atoms with Crippen LogP contribution in [0.4, 0.5) is 0 Å². The Morgan fingerprint density at radius 3 is 2.32 bits per heavy atom. The van der Waals surface area contributed by atoms with E-state index in [0.29, 0.717) is 77.3 Å². The summed E-state index contributed by atoms with van der Waals surface area (Å²) in [5.41, 5.74) is 1.54. The number of rotatable bonds is 3. The molecule has 0 bridgehead atoms. The summed E-state index contributed by atoms with van der Waals surface area (Å²) in [5.74, 6) is 3.23. The lowest BCUT2D eigenvalue weighted by molar-refractivity contribution is -0.123. The molecule has 4 fully saturated rings. The quantitative estimate of drug-likeness (QED) is 0.574. The maximum atomic E-state index is 13.6. The number of ether oxygens (including phenoxy) is 5. The van der Waals surface area contributed by atoms with Crippen LogP contribution in [0.3, 0.4) is 0 Å². The topological polar surface area (TPSA) is 75.3 Å². The van der Waals surface area contributed by atoms with Crippen molar-refractivity contribution in [1.82, 2.24) is 5.32 Å². The standard InChI is InChI=1S/C31H51NO6/c1-30-11-4-3-5-23(30)6-7-25-26-8-9-28(31(26,2)12-10-27(25)30)29(33)32-21-24-22-37-18-17-35-14-13-34-15-16-36-19-20-38-24/h9,23-27H,3-8,10-22H2,1-2H3,(H,32,33)/t23-,24?,25+,26+,27+,30+,31+/m1/s1. The molecule has 5 aliphatic rings. The lowest BCUT2D eigenvalue weighted by Gasteiger charge is -2.60. The number of amides is 1. The zero-order chi connectivity index (χ0) is 26.4. The van der Waals surface area contributed by atoms with Crippen LogP contribution in [0.15, 0.2) is 11.6 Å². The SMILES string of the molecule is C[C@]12CCCC[C@@H]1CC[C@@H]1[C@@H]2CC[C@]2(C)C(C(=O)NCC3COCCOCCOCCOCCO3)=CC[C@@H]12. The zero-order valence-electron chi connectivity index (χ0n) is 23.8. The van der Waals surface area contributed by atoms with Crippen molar-refractivity contribution in [3.63, 3.8) is 0 Å². The average molecular weight is 534 g/mol. The van der Waals surface area contributed by atoms with E-state index in [4.69, 9.17) is 23.7 Å². The van der Waals surface area contributed by atoms with Gasteiger partial charge in [-0.15, -0.1) is 0 Å². The number of carbonyl (C=O) groups excluding carboxylic acids is 1. The third-order valence-electron chi connectivity index (χ3n) is 10.9. The average Bonchev–Trinajstić information content (AvgIpc) is 3.27. The Morgan fingerprint density at radius 2 is 1.55 bits per heavy atom. The van der Waals surface area contributed by atoms with E-state index in [1.54, 1.807) is 0 Å². The summed E-state index contributed by atoms with van der Waals surface area (Å²) in [4.78, 5) is 13.6. The summed E-state index contributed by atoms with van der Waals surface area (Å²) in [7, 11) is 0. The first-order valence-electron chi connectivity index (χ1n) is 15.4. The summed E-state index contributed by atoms with van der Waals surface area (Å²) in [6.07, 6.45) is 14.0. The lowest BCUT2D eigenvalue weighted by Crippen LogP contribution is -2.53. The van der Waals surface area contributed by atoms with E-state index in [1.165, 1.54) is 44.9 Å². The van der Waals surface area contributed by atoms with Gasteiger partial charge in [-0.05, 0) is 74.0 Å². The minimum absolute atomic E-state index is 0.00448. The van der Waals surface area contributed by atoms with Gasteiger partial charge in [-0.3, -0.25) is 4.79 Å². The van der Waals surface area contributed by atoms with Crippen molar-refractivity contribution in [2.24, 2.45) is 34.5 Å². The molecule has 38 heavy (non-hydrogen) atoms. The van der Waals surface area contributed by atoms with Gasteiger partial charge in [0.1, 0.15) is 0 Å². The first-order valence-corrected chi connectivity index (χ1v) is 15.4. The van der Waals surface area contributed by atoms with Crippen molar-refractivity contribution in [1.29, 1.82) is 0 Å². The van der Waals surface area contributed by atoms with Crippen LogP contribution in [0.25, 0.3) is 0 Å². The highest BCUT2D eigenvalue weighted by Gasteiger charge is 2.58. The van der Waals surface area contributed by atoms with Gasteiger partial charge in [0.25, 0.3) is 0 Å². The second kappa shape index (κ2) is 13.1. The molecule has 1 amide bonds. The van der Waals surface area contributed by atoms with E-state index in [9.17, 15) is 4.79 Å². The molecular weight excluding hydrogens is 482 g/mol. The molecule has 5 rings (SSSR count). The van der Waals surface area contributed by atoms with Crippen LogP contribution >= 0.6 is 0 Å². The molecule has 0 aromatic heterocycles. The molecule has 3 saturated carbocycles. The smallest absolute Gasteiger partial charge is 0.247 e. The summed E-state index contributed by atoms with van der Waals surface area (Å²) in [6.45, 7) is 10.0. The molecule has 0 aromatic carbocycles. The fourth-order valence-corrected chi connectivity index (χ4v) is 8.83. The van der Waals surface area contributed by atoms with Crippen molar-refractivity contribution >= 4 is 5.91 Å². The number of hydrogen-bond acceptors (Lipinski definition) is 6. The molecule has 1 aliphatic heterocycles. The van der Waals surface area contributed by atoms with Crippen molar-refractivity contribution in [3.8, 4) is 0 Å². The molecule has 216 valence electrons. The predicted octanol–water partition coefficient (Wildman–Crippen LogP) is 4.54. The molecule has 0 spiro atoms. The largest absolute Gasteiger partial charge is 0.377 e. The minimum atomic E-state index is -0.216. The fraction of sp³-hybridized carbons (Fsp3) is 0.903. The van der Waals surface area contributed by atoms with Gasteiger partial charge >= 0.3 is 0 Å². The normalized spacial score (nSPS) is 41.4. The molecule has 7 heteroatoms. The van der Waals surface area contributed by atoms with Gasteiger partial charge in [0, 0.05) is 17.5 Å². The van der Waals surface area contributed by atoms with E-state index < -0.39 is 0 Å². The van der Waals surface area contributed by atoms with Crippen LogP contribution in [0.2, 0.25) is 0 Å². The van der Waals surface area contributed by atoms with E-state index >= 15 is 0 Å². The van der Waals surface area contributed by atoms with Gasteiger partial charge in [0.2, 0.25) is 5.91 Å². The van der Waals surface area contributed by atoms with Gasteiger partial charge in [0.15, 0.2) is 0 Å². The van der Waals surface area contributed by atoms with E-state index in [1.807, 2.05) is 0 Å². The molecule has 7 atom stereocenters. The Kier molecular flexibility index (Phi) is 9.85. The molecule has 1 saturated heterocycles. The van der Waals surface area contributed by atoms with Gasteiger partial charge in [-0.25, -0.2) is 0 Å². The predicted molar refractivity (Wildman–Crippen MR) is 146 cm³/mol. The summed E-state index contributed by atoms with van der Waals surface area (Å²) in [6, 6.07) is 0. The zero-order valence-corrected chi connectivity index (χ0v) is 23.8. The highest BCUT2D eigenvalue weighted by atomic mass is 16.6. The molecule has 4 aliphatic carbocycles. The number of allylic oxidation sites excluding steroid dienone is 1. The second-order valence-electron chi connectivity index (χ2n) is 12.8. The first-order chi connectivity index (χ1) is 18.5. The van der Waals surface area contributed by atoms with Crippen LogP contribution in [0, 0.1) is 34.5 Å². The fourth-order valence-electron chi connectivity index (χ4n) is 8.83. The first kappa shape index (κ1) is 28.5. The van der Waals surface area contributed by atoms with E-state index in [-0.39, 0.29) is 17.4 Å². The van der Waals surface area contributed by atoms with Crippen LogP contribution in [0.1, 0.15) is 71.6 Å². The third kappa shape index (κ3) is 6.17. The highest BCUT2D eigenvalue weighted by Crippen LogP contribution is 2.66. The Balaban J connectivity index is 1.15. The summed E-state index contributed by atoms with van der Waals surface area (Å²) < 4.78 is 28.4. The van der Waals surface area contributed by atoms with Crippen molar-refractivity contribution in [2.75, 3.05) is 66.0 Å². The molecule has 7 nitrogen and oxygen atoms in total. The Bertz CT molecular complexity index is 802. The molecule has 0 radical (unpaired) electrons. The van der Waals surface area contributed by atoms with Crippen LogP contribution in [-0.2, 0) is 28.5 Å². The molecule has 1 unspecified atom stereocenters. The monoisotopic (exact) mass is 533 g/mol. The molecule has 1 N–H and O–H groups in total. The van der Waals surface area contributed by atoms with Crippen LogP contribution in [0.5, 0.6) is 0 Å². The Hall–Kier alpha value is -0.990. The lowest BCUT2D eigenvalue weighted by atomic mass is 9.45. The number of carbonyl (C=O) groups is 1. The minimum Gasteiger partial charge on any atom is -0.377 e. The maximum Gasteiger partial charge on any atom is 0.247 e. The van der Waals surface area contributed by atoms with Crippen molar-refractivity contribution in [3.05, 3.63) is 11.6 Å². The van der Waals surface area contributed by atoms with Gasteiger partial charge in [-0.2, -0.15) is 0 Å². The Morgan fingerprint density at radius 1 is 0.842 bits per heavy atom. The molecular formula is C31H51NO6. The second-order valence-corrected chi connectivity index (χ2v) is 12.8.